The van der Waals surface area contributed by atoms with Crippen molar-refractivity contribution in [3.63, 3.8) is 0 Å². The first-order chi connectivity index (χ1) is 8.09. The summed E-state index contributed by atoms with van der Waals surface area (Å²) in [7, 11) is 0. The standard InChI is InChI=1S/C13H20INO2/c1-10-4-5-13(12(14)8-10)17-7-3-6-15-9-11(2)16/h4-5,8,11,15-16H,3,6-7,9H2,1-2H3/p+1/t11-/m0/s1. The molecule has 0 amide bonds. The third-order valence-corrected chi connectivity index (χ3v) is 3.25. The van der Waals surface area contributed by atoms with Crippen LogP contribution in [0.5, 0.6) is 5.75 Å². The molecule has 0 aromatic heterocycles. The lowest BCUT2D eigenvalue weighted by atomic mass is 10.2. The fourth-order valence-corrected chi connectivity index (χ4v) is 2.32. The van der Waals surface area contributed by atoms with E-state index in [4.69, 9.17) is 9.84 Å². The van der Waals surface area contributed by atoms with Crippen molar-refractivity contribution < 1.29 is 15.2 Å². The van der Waals surface area contributed by atoms with Crippen molar-refractivity contribution in [2.24, 2.45) is 0 Å². The predicted octanol–water partition coefficient (Wildman–Crippen LogP) is 1.31. The molecule has 0 heterocycles. The minimum absolute atomic E-state index is 0.228. The van der Waals surface area contributed by atoms with E-state index in [2.05, 4.69) is 47.0 Å². The SMILES string of the molecule is Cc1ccc(OCCC[NH2+]C[C@H](C)O)c(I)c1. The summed E-state index contributed by atoms with van der Waals surface area (Å²) in [6.45, 7) is 6.38. The number of hydrogen-bond acceptors (Lipinski definition) is 2. The predicted molar refractivity (Wildman–Crippen MR) is 77.3 cm³/mol. The molecule has 0 bridgehead atoms. The van der Waals surface area contributed by atoms with Gasteiger partial charge in [-0.1, -0.05) is 6.07 Å². The van der Waals surface area contributed by atoms with Gasteiger partial charge in [0.15, 0.2) is 0 Å². The summed E-state index contributed by atoms with van der Waals surface area (Å²) in [6.07, 6.45) is 0.769. The fourth-order valence-electron chi connectivity index (χ4n) is 1.49. The van der Waals surface area contributed by atoms with Crippen molar-refractivity contribution in [3.8, 4) is 5.75 Å². The molecular weight excluding hydrogens is 329 g/mol. The average molecular weight is 350 g/mol. The van der Waals surface area contributed by atoms with Gasteiger partial charge in [0.05, 0.1) is 22.8 Å². The van der Waals surface area contributed by atoms with Gasteiger partial charge in [0.2, 0.25) is 0 Å². The van der Waals surface area contributed by atoms with Gasteiger partial charge in [-0.3, -0.25) is 0 Å². The maximum Gasteiger partial charge on any atom is 0.132 e. The summed E-state index contributed by atoms with van der Waals surface area (Å²) in [6, 6.07) is 6.21. The van der Waals surface area contributed by atoms with E-state index in [0.29, 0.717) is 0 Å². The number of halogens is 1. The molecule has 0 fully saturated rings. The zero-order valence-electron chi connectivity index (χ0n) is 10.4. The normalized spacial score (nSPS) is 12.5. The molecule has 17 heavy (non-hydrogen) atoms. The molecule has 0 aliphatic rings. The monoisotopic (exact) mass is 350 g/mol. The Morgan fingerprint density at radius 2 is 2.24 bits per heavy atom. The molecule has 4 heteroatoms. The Balaban J connectivity index is 2.18. The molecule has 1 rings (SSSR count). The zero-order chi connectivity index (χ0) is 12.7. The van der Waals surface area contributed by atoms with Gasteiger partial charge < -0.3 is 15.2 Å². The Hall–Kier alpha value is -0.330. The summed E-state index contributed by atoms with van der Waals surface area (Å²) < 4.78 is 6.87. The highest BCUT2D eigenvalue weighted by molar-refractivity contribution is 14.1. The summed E-state index contributed by atoms with van der Waals surface area (Å²) in [4.78, 5) is 0. The van der Waals surface area contributed by atoms with Crippen LogP contribution >= 0.6 is 22.6 Å². The number of aryl methyl sites for hydroxylation is 1. The van der Waals surface area contributed by atoms with E-state index in [1.54, 1.807) is 0 Å². The van der Waals surface area contributed by atoms with Crippen LogP contribution in [0, 0.1) is 10.5 Å². The van der Waals surface area contributed by atoms with Gasteiger partial charge in [-0.25, -0.2) is 0 Å². The van der Waals surface area contributed by atoms with Gasteiger partial charge in [-0.2, -0.15) is 0 Å². The summed E-state index contributed by atoms with van der Waals surface area (Å²) in [5.41, 5.74) is 1.26. The molecule has 0 aliphatic carbocycles. The molecule has 0 saturated heterocycles. The highest BCUT2D eigenvalue weighted by atomic mass is 127. The molecule has 1 aromatic carbocycles. The maximum absolute atomic E-state index is 9.09. The van der Waals surface area contributed by atoms with Crippen LogP contribution in [0.15, 0.2) is 18.2 Å². The molecule has 3 nitrogen and oxygen atoms in total. The number of quaternary nitrogens is 1. The number of aliphatic hydroxyl groups is 1. The fraction of sp³-hybridized carbons (Fsp3) is 0.538. The third kappa shape index (κ3) is 6.24. The van der Waals surface area contributed by atoms with E-state index < -0.39 is 0 Å². The third-order valence-electron chi connectivity index (χ3n) is 2.41. The molecule has 0 radical (unpaired) electrons. The van der Waals surface area contributed by atoms with Crippen molar-refractivity contribution in [3.05, 3.63) is 27.3 Å². The van der Waals surface area contributed by atoms with Crippen LogP contribution in [0.4, 0.5) is 0 Å². The van der Waals surface area contributed by atoms with Crippen molar-refractivity contribution >= 4 is 22.6 Å². The number of aliphatic hydroxyl groups excluding tert-OH is 1. The van der Waals surface area contributed by atoms with Crippen molar-refractivity contribution in [1.29, 1.82) is 0 Å². The van der Waals surface area contributed by atoms with E-state index >= 15 is 0 Å². The van der Waals surface area contributed by atoms with Crippen LogP contribution in [-0.4, -0.2) is 30.9 Å². The highest BCUT2D eigenvalue weighted by Crippen LogP contribution is 2.21. The van der Waals surface area contributed by atoms with Gasteiger partial charge in [-0.05, 0) is 54.1 Å². The molecule has 3 N–H and O–H groups in total. The van der Waals surface area contributed by atoms with Gasteiger partial charge in [0.25, 0.3) is 0 Å². The van der Waals surface area contributed by atoms with Gasteiger partial charge >= 0.3 is 0 Å². The van der Waals surface area contributed by atoms with Gasteiger partial charge in [0.1, 0.15) is 12.3 Å². The second-order valence-electron chi connectivity index (χ2n) is 4.30. The largest absolute Gasteiger partial charge is 0.492 e. The first-order valence-corrected chi connectivity index (χ1v) is 7.06. The van der Waals surface area contributed by atoms with E-state index in [-0.39, 0.29) is 6.10 Å². The van der Waals surface area contributed by atoms with Crippen LogP contribution in [0.25, 0.3) is 0 Å². The van der Waals surface area contributed by atoms with Crippen LogP contribution in [0.1, 0.15) is 18.9 Å². The second-order valence-corrected chi connectivity index (χ2v) is 5.46. The lowest BCUT2D eigenvalue weighted by Crippen LogP contribution is -2.86. The molecule has 0 saturated carbocycles. The molecule has 0 aliphatic heterocycles. The summed E-state index contributed by atoms with van der Waals surface area (Å²) in [5, 5.41) is 11.2. The van der Waals surface area contributed by atoms with Crippen molar-refractivity contribution in [1.82, 2.24) is 0 Å². The summed E-state index contributed by atoms with van der Waals surface area (Å²) in [5.74, 6) is 0.965. The zero-order valence-corrected chi connectivity index (χ0v) is 12.6. The molecular formula is C13H21INO2+. The number of benzene rings is 1. The van der Waals surface area contributed by atoms with Crippen LogP contribution in [0.3, 0.4) is 0 Å². The van der Waals surface area contributed by atoms with Crippen molar-refractivity contribution in [2.75, 3.05) is 19.7 Å². The Labute approximate surface area is 117 Å². The van der Waals surface area contributed by atoms with E-state index in [0.717, 1.165) is 35.4 Å². The topological polar surface area (TPSA) is 46.1 Å². The van der Waals surface area contributed by atoms with Gasteiger partial charge in [-0.15, -0.1) is 0 Å². The Morgan fingerprint density at radius 3 is 2.88 bits per heavy atom. The smallest absolute Gasteiger partial charge is 0.132 e. The number of ether oxygens (including phenoxy) is 1. The lowest BCUT2D eigenvalue weighted by molar-refractivity contribution is -0.660. The Kier molecular flexibility index (Phi) is 6.84. The minimum Gasteiger partial charge on any atom is -0.492 e. The number of nitrogens with two attached hydrogens (primary N) is 1. The van der Waals surface area contributed by atoms with Crippen LogP contribution in [-0.2, 0) is 0 Å². The van der Waals surface area contributed by atoms with Crippen LogP contribution in [0.2, 0.25) is 0 Å². The molecule has 96 valence electrons. The lowest BCUT2D eigenvalue weighted by Gasteiger charge is -2.08. The number of hydrogen-bond donors (Lipinski definition) is 2. The van der Waals surface area contributed by atoms with E-state index in [9.17, 15) is 0 Å². The molecule has 0 unspecified atom stereocenters. The van der Waals surface area contributed by atoms with Crippen molar-refractivity contribution in [2.45, 2.75) is 26.4 Å². The number of rotatable bonds is 7. The Morgan fingerprint density at radius 1 is 1.47 bits per heavy atom. The first-order valence-electron chi connectivity index (χ1n) is 5.98. The first kappa shape index (κ1) is 14.7. The van der Waals surface area contributed by atoms with E-state index in [1.165, 1.54) is 5.56 Å². The van der Waals surface area contributed by atoms with Gasteiger partial charge in [0, 0.05) is 6.42 Å². The molecule has 0 spiro atoms. The highest BCUT2D eigenvalue weighted by Gasteiger charge is 2.01. The minimum atomic E-state index is -0.228. The second kappa shape index (κ2) is 7.89. The Bertz CT molecular complexity index is 342. The average Bonchev–Trinajstić information content (AvgIpc) is 2.25. The molecule has 1 atom stereocenters. The maximum atomic E-state index is 9.09. The quantitative estimate of drug-likeness (QED) is 0.576. The van der Waals surface area contributed by atoms with E-state index in [1.807, 2.05) is 13.0 Å². The summed E-state index contributed by atoms with van der Waals surface area (Å²) >= 11 is 2.30. The van der Waals surface area contributed by atoms with Crippen LogP contribution < -0.4 is 10.1 Å². The molecule has 1 aromatic rings.